The zero-order valence-corrected chi connectivity index (χ0v) is 13.8. The Hall–Kier alpha value is -1.26. The molecule has 2 rings (SSSR count). The number of halogens is 1. The van der Waals surface area contributed by atoms with Crippen molar-refractivity contribution in [3.8, 4) is 0 Å². The van der Waals surface area contributed by atoms with Crippen LogP contribution < -0.4 is 0 Å². The molecular formula is C16H15BrO2S. The van der Waals surface area contributed by atoms with Crippen LogP contribution in [0.3, 0.4) is 0 Å². The van der Waals surface area contributed by atoms with Crippen LogP contribution in [0, 0.1) is 0 Å². The number of hydrogen-bond donors (Lipinski definition) is 0. The lowest BCUT2D eigenvalue weighted by Gasteiger charge is -2.07. The molecule has 0 heterocycles. The summed E-state index contributed by atoms with van der Waals surface area (Å²) in [6, 6.07) is 14.0. The largest absolute Gasteiger partial charge is 0.465 e. The van der Waals surface area contributed by atoms with Gasteiger partial charge in [-0.2, -0.15) is 0 Å². The number of benzene rings is 2. The van der Waals surface area contributed by atoms with Crippen molar-refractivity contribution in [3.63, 3.8) is 0 Å². The lowest BCUT2D eigenvalue weighted by molar-refractivity contribution is 0.0600. The molecule has 104 valence electrons. The first-order valence-electron chi connectivity index (χ1n) is 6.28. The van der Waals surface area contributed by atoms with E-state index in [2.05, 4.69) is 47.1 Å². The van der Waals surface area contributed by atoms with Crippen LogP contribution in [0.2, 0.25) is 0 Å². The van der Waals surface area contributed by atoms with Crippen LogP contribution in [0.1, 0.15) is 22.8 Å². The second-order valence-electron chi connectivity index (χ2n) is 4.24. The zero-order valence-electron chi connectivity index (χ0n) is 11.4. The van der Waals surface area contributed by atoms with E-state index >= 15 is 0 Å². The van der Waals surface area contributed by atoms with Crippen LogP contribution in [0.25, 0.3) is 0 Å². The average molecular weight is 351 g/mol. The van der Waals surface area contributed by atoms with Gasteiger partial charge >= 0.3 is 5.97 Å². The maximum atomic E-state index is 11.5. The minimum Gasteiger partial charge on any atom is -0.465 e. The summed E-state index contributed by atoms with van der Waals surface area (Å²) >= 11 is 5.16. The predicted molar refractivity (Wildman–Crippen MR) is 85.4 cm³/mol. The van der Waals surface area contributed by atoms with Gasteiger partial charge in [-0.15, -0.1) is 0 Å². The fraction of sp³-hybridized carbons (Fsp3) is 0.188. The van der Waals surface area contributed by atoms with Gasteiger partial charge in [0.05, 0.1) is 12.7 Å². The quantitative estimate of drug-likeness (QED) is 0.729. The lowest BCUT2D eigenvalue weighted by atomic mass is 10.2. The fourth-order valence-electron chi connectivity index (χ4n) is 1.75. The van der Waals surface area contributed by atoms with E-state index in [1.807, 2.05) is 6.07 Å². The topological polar surface area (TPSA) is 26.3 Å². The van der Waals surface area contributed by atoms with E-state index < -0.39 is 0 Å². The maximum Gasteiger partial charge on any atom is 0.337 e. The fourth-order valence-corrected chi connectivity index (χ4v) is 3.19. The smallest absolute Gasteiger partial charge is 0.337 e. The van der Waals surface area contributed by atoms with Crippen molar-refractivity contribution >= 4 is 33.7 Å². The van der Waals surface area contributed by atoms with Crippen LogP contribution in [-0.2, 0) is 11.2 Å². The summed E-state index contributed by atoms with van der Waals surface area (Å²) in [5.74, 6) is -0.324. The number of methoxy groups -OCH3 is 1. The molecule has 2 aromatic carbocycles. The van der Waals surface area contributed by atoms with Crippen LogP contribution in [0.15, 0.2) is 56.7 Å². The summed E-state index contributed by atoms with van der Waals surface area (Å²) in [5, 5.41) is 0. The first kappa shape index (κ1) is 15.1. The molecule has 0 aliphatic rings. The number of carbonyl (C=O) groups excluding carboxylic acids is 1. The maximum absolute atomic E-state index is 11.5. The van der Waals surface area contributed by atoms with Gasteiger partial charge in [-0.3, -0.25) is 0 Å². The van der Waals surface area contributed by atoms with Crippen LogP contribution in [0.5, 0.6) is 0 Å². The van der Waals surface area contributed by atoms with Gasteiger partial charge < -0.3 is 4.74 Å². The molecule has 0 saturated carbocycles. The summed E-state index contributed by atoms with van der Waals surface area (Å²) in [6.45, 7) is 2.14. The van der Waals surface area contributed by atoms with Gasteiger partial charge in [0, 0.05) is 14.3 Å². The zero-order chi connectivity index (χ0) is 14.5. The number of rotatable bonds is 4. The van der Waals surface area contributed by atoms with Crippen molar-refractivity contribution in [3.05, 3.63) is 58.1 Å². The molecule has 0 N–H and O–H groups in total. The Morgan fingerprint density at radius 1 is 1.20 bits per heavy atom. The van der Waals surface area contributed by atoms with Crippen LogP contribution in [-0.4, -0.2) is 13.1 Å². The monoisotopic (exact) mass is 350 g/mol. The molecule has 4 heteroatoms. The van der Waals surface area contributed by atoms with E-state index in [4.69, 9.17) is 4.74 Å². The van der Waals surface area contributed by atoms with Crippen molar-refractivity contribution in [2.75, 3.05) is 7.11 Å². The molecule has 20 heavy (non-hydrogen) atoms. The van der Waals surface area contributed by atoms with Crippen molar-refractivity contribution in [1.29, 1.82) is 0 Å². The highest BCUT2D eigenvalue weighted by Crippen LogP contribution is 2.34. The van der Waals surface area contributed by atoms with Gasteiger partial charge in [-0.25, -0.2) is 4.79 Å². The minimum atomic E-state index is -0.324. The minimum absolute atomic E-state index is 0.324. The number of carbonyl (C=O) groups is 1. The third-order valence-corrected chi connectivity index (χ3v) is 4.91. The first-order chi connectivity index (χ1) is 9.63. The van der Waals surface area contributed by atoms with E-state index in [0.29, 0.717) is 5.56 Å². The second kappa shape index (κ2) is 6.95. The molecule has 0 saturated heterocycles. The molecule has 0 aliphatic carbocycles. The Morgan fingerprint density at radius 2 is 1.90 bits per heavy atom. The van der Waals surface area contributed by atoms with Crippen LogP contribution >= 0.6 is 27.7 Å². The first-order valence-corrected chi connectivity index (χ1v) is 7.89. The van der Waals surface area contributed by atoms with E-state index in [1.54, 1.807) is 23.9 Å². The van der Waals surface area contributed by atoms with Crippen molar-refractivity contribution in [2.24, 2.45) is 0 Å². The van der Waals surface area contributed by atoms with Gasteiger partial charge in [0.15, 0.2) is 0 Å². The van der Waals surface area contributed by atoms with Gasteiger partial charge in [0.25, 0.3) is 0 Å². The summed E-state index contributed by atoms with van der Waals surface area (Å²) in [5.41, 5.74) is 1.87. The molecule has 0 aliphatic heterocycles. The molecule has 0 spiro atoms. The lowest BCUT2D eigenvalue weighted by Crippen LogP contribution is -2.00. The van der Waals surface area contributed by atoms with Gasteiger partial charge in [-0.05, 0) is 58.2 Å². The average Bonchev–Trinajstić information content (AvgIpc) is 2.49. The third kappa shape index (κ3) is 3.64. The van der Waals surface area contributed by atoms with E-state index in [1.165, 1.54) is 17.6 Å². The highest BCUT2D eigenvalue weighted by Gasteiger charge is 2.09. The molecule has 0 aromatic heterocycles. The molecule has 2 aromatic rings. The molecule has 0 amide bonds. The number of hydrogen-bond acceptors (Lipinski definition) is 3. The Bertz CT molecular complexity index is 608. The molecule has 0 radical (unpaired) electrons. The Morgan fingerprint density at radius 3 is 2.45 bits per heavy atom. The highest BCUT2D eigenvalue weighted by atomic mass is 79.9. The van der Waals surface area contributed by atoms with E-state index in [-0.39, 0.29) is 5.97 Å². The standard InChI is InChI=1S/C16H15BrO2S/c1-3-11-4-7-13(8-5-11)20-15-9-6-12(10-14(15)17)16(18)19-2/h4-10H,3H2,1-2H3. The summed E-state index contributed by atoms with van der Waals surface area (Å²) in [6.07, 6.45) is 1.04. The number of ether oxygens (including phenoxy) is 1. The molecular weight excluding hydrogens is 336 g/mol. The van der Waals surface area contributed by atoms with Crippen LogP contribution in [0.4, 0.5) is 0 Å². The molecule has 0 unspecified atom stereocenters. The van der Waals surface area contributed by atoms with E-state index in [9.17, 15) is 4.79 Å². The summed E-state index contributed by atoms with van der Waals surface area (Å²) in [4.78, 5) is 13.7. The van der Waals surface area contributed by atoms with Gasteiger partial charge in [0.1, 0.15) is 0 Å². The number of esters is 1. The SMILES string of the molecule is CCc1ccc(Sc2ccc(C(=O)OC)cc2Br)cc1. The summed E-state index contributed by atoms with van der Waals surface area (Å²) < 4.78 is 5.60. The highest BCUT2D eigenvalue weighted by molar-refractivity contribution is 9.10. The molecule has 0 bridgehead atoms. The van der Waals surface area contributed by atoms with Crippen molar-refractivity contribution in [1.82, 2.24) is 0 Å². The molecule has 2 nitrogen and oxygen atoms in total. The molecule has 0 fully saturated rings. The van der Waals surface area contributed by atoms with Crippen molar-refractivity contribution in [2.45, 2.75) is 23.1 Å². The normalized spacial score (nSPS) is 10.3. The Balaban J connectivity index is 2.18. The second-order valence-corrected chi connectivity index (χ2v) is 6.21. The molecule has 0 atom stereocenters. The third-order valence-electron chi connectivity index (χ3n) is 2.91. The Kier molecular flexibility index (Phi) is 5.26. The number of aryl methyl sites for hydroxylation is 1. The van der Waals surface area contributed by atoms with Gasteiger partial charge in [-0.1, -0.05) is 30.8 Å². The van der Waals surface area contributed by atoms with E-state index in [0.717, 1.165) is 15.8 Å². The van der Waals surface area contributed by atoms with Gasteiger partial charge in [0.2, 0.25) is 0 Å². The Labute approximate surface area is 131 Å². The predicted octanol–water partition coefficient (Wildman–Crippen LogP) is 4.95. The van der Waals surface area contributed by atoms with Crippen molar-refractivity contribution < 1.29 is 9.53 Å². The summed E-state index contributed by atoms with van der Waals surface area (Å²) in [7, 11) is 1.38.